The van der Waals surface area contributed by atoms with Crippen molar-refractivity contribution >= 4 is 17.1 Å². The van der Waals surface area contributed by atoms with E-state index in [0.29, 0.717) is 5.71 Å². The van der Waals surface area contributed by atoms with E-state index in [4.69, 9.17) is 15.6 Å². The molecular weight excluding hydrogens is 234 g/mol. The van der Waals surface area contributed by atoms with Crippen molar-refractivity contribution in [3.8, 4) is 0 Å². The number of nitrogens with zero attached hydrogens (tertiary/aromatic N) is 3. The summed E-state index contributed by atoms with van der Waals surface area (Å²) < 4.78 is 0. The van der Waals surface area contributed by atoms with E-state index in [1.807, 2.05) is 20.8 Å². The van der Waals surface area contributed by atoms with E-state index in [9.17, 15) is 0 Å². The van der Waals surface area contributed by atoms with Crippen LogP contribution in [0.2, 0.25) is 0 Å². The Kier molecular flexibility index (Phi) is 21.4. The Morgan fingerprint density at radius 1 is 0.722 bits per heavy atom. The summed E-state index contributed by atoms with van der Waals surface area (Å²) >= 11 is 0. The zero-order valence-electron chi connectivity index (χ0n) is 12.3. The summed E-state index contributed by atoms with van der Waals surface area (Å²) in [6, 6.07) is 0. The maximum Gasteiger partial charge on any atom is 0.0565 e. The van der Waals surface area contributed by atoms with Gasteiger partial charge in [0.25, 0.3) is 0 Å². The van der Waals surface area contributed by atoms with E-state index in [2.05, 4.69) is 15.5 Å². The van der Waals surface area contributed by atoms with Gasteiger partial charge in [0.05, 0.1) is 17.1 Å². The first-order valence-electron chi connectivity index (χ1n) is 5.95. The molecule has 108 valence electrons. The van der Waals surface area contributed by atoms with Crippen LogP contribution >= 0.6 is 0 Å². The van der Waals surface area contributed by atoms with E-state index >= 15 is 0 Å². The molecule has 6 heteroatoms. The molecule has 0 bridgehead atoms. The van der Waals surface area contributed by atoms with Gasteiger partial charge in [-0.1, -0.05) is 36.2 Å². The molecule has 0 spiro atoms. The largest absolute Gasteiger partial charge is 0.411 e. The maximum absolute atomic E-state index is 8.11. The predicted octanol–water partition coefficient (Wildman–Crippen LogP) is 3.74. The molecule has 3 N–H and O–H groups in total. The Labute approximate surface area is 110 Å². The molecule has 0 atom stereocenters. The summed E-state index contributed by atoms with van der Waals surface area (Å²) in [6.45, 7) is 11.1. The third kappa shape index (κ3) is 23.9. The SMILES string of the molecule is CC(C)=NO.CCC(C)=NO.CCC(CC)=NO. The van der Waals surface area contributed by atoms with Crippen LogP contribution in [0.15, 0.2) is 15.5 Å². The van der Waals surface area contributed by atoms with Crippen LogP contribution in [0, 0.1) is 0 Å². The zero-order chi connectivity index (χ0) is 15.0. The molecule has 0 aromatic heterocycles. The summed E-state index contributed by atoms with van der Waals surface area (Å²) in [5.41, 5.74) is 2.32. The lowest BCUT2D eigenvalue weighted by Crippen LogP contribution is -1.90. The van der Waals surface area contributed by atoms with Gasteiger partial charge in [0.1, 0.15) is 0 Å². The van der Waals surface area contributed by atoms with Gasteiger partial charge in [0, 0.05) is 0 Å². The summed E-state index contributed by atoms with van der Waals surface area (Å²) in [6.07, 6.45) is 2.54. The molecule has 0 aliphatic rings. The van der Waals surface area contributed by atoms with Crippen LogP contribution in [0.25, 0.3) is 0 Å². The van der Waals surface area contributed by atoms with Crippen molar-refractivity contribution in [3.05, 3.63) is 0 Å². The van der Waals surface area contributed by atoms with Gasteiger partial charge in [-0.2, -0.15) is 0 Å². The number of hydrogen-bond acceptors (Lipinski definition) is 6. The highest BCUT2D eigenvalue weighted by Gasteiger charge is 1.86. The molecule has 0 unspecified atom stereocenters. The Bertz CT molecular complexity index is 251. The lowest BCUT2D eigenvalue weighted by Gasteiger charge is -1.89. The molecule has 18 heavy (non-hydrogen) atoms. The minimum absolute atomic E-state index is 0.685. The highest BCUT2D eigenvalue weighted by Crippen LogP contribution is 1.88. The van der Waals surface area contributed by atoms with Crippen molar-refractivity contribution in [3.63, 3.8) is 0 Å². The van der Waals surface area contributed by atoms with Gasteiger partial charge in [0.15, 0.2) is 0 Å². The van der Waals surface area contributed by atoms with E-state index in [1.54, 1.807) is 20.8 Å². The zero-order valence-corrected chi connectivity index (χ0v) is 12.3. The molecule has 0 saturated heterocycles. The fraction of sp³-hybridized carbons (Fsp3) is 0.750. The molecule has 0 saturated carbocycles. The highest BCUT2D eigenvalue weighted by atomic mass is 16.4. The van der Waals surface area contributed by atoms with Crippen LogP contribution in [0.3, 0.4) is 0 Å². The second-order valence-corrected chi connectivity index (χ2v) is 3.61. The van der Waals surface area contributed by atoms with Crippen molar-refractivity contribution < 1.29 is 15.6 Å². The molecule has 0 amide bonds. The summed E-state index contributed by atoms with van der Waals surface area (Å²) in [4.78, 5) is 0. The standard InChI is InChI=1S/C5H11NO.C4H9NO.C3H7NO/c1-3-5(4-2)6-7;1-3-4(2)5-6;1-3(2)4-5/h7H,3-4H2,1-2H3;6H,3H2,1-2H3;5H,1-2H3. The van der Waals surface area contributed by atoms with Crippen molar-refractivity contribution in [1.82, 2.24) is 0 Å². The van der Waals surface area contributed by atoms with E-state index < -0.39 is 0 Å². The Hall–Kier alpha value is -1.59. The molecule has 0 rings (SSSR count). The van der Waals surface area contributed by atoms with Crippen LogP contribution in [0.4, 0.5) is 0 Å². The lowest BCUT2D eigenvalue weighted by molar-refractivity contribution is 0.316. The summed E-state index contributed by atoms with van der Waals surface area (Å²) in [5.74, 6) is 0. The normalized spacial score (nSPS) is 9.11. The second-order valence-electron chi connectivity index (χ2n) is 3.61. The second kappa shape index (κ2) is 17.8. The maximum atomic E-state index is 8.11. The van der Waals surface area contributed by atoms with Crippen molar-refractivity contribution in [1.29, 1.82) is 0 Å². The first-order valence-corrected chi connectivity index (χ1v) is 5.95. The van der Waals surface area contributed by atoms with Crippen LogP contribution in [0.1, 0.15) is 60.8 Å². The van der Waals surface area contributed by atoms with Gasteiger partial charge in [0.2, 0.25) is 0 Å². The third-order valence-electron chi connectivity index (χ3n) is 1.84. The molecule has 0 aromatic carbocycles. The monoisotopic (exact) mass is 261 g/mol. The van der Waals surface area contributed by atoms with Crippen LogP contribution in [-0.4, -0.2) is 32.8 Å². The Balaban J connectivity index is -0.000000190. The van der Waals surface area contributed by atoms with Crippen LogP contribution in [-0.2, 0) is 0 Å². The highest BCUT2D eigenvalue weighted by molar-refractivity contribution is 5.83. The van der Waals surface area contributed by atoms with Gasteiger partial charge < -0.3 is 15.6 Å². The first-order chi connectivity index (χ1) is 8.42. The number of hydrogen-bond donors (Lipinski definition) is 3. The fourth-order valence-electron chi connectivity index (χ4n) is 0.462. The molecular formula is C12H27N3O3. The molecule has 0 heterocycles. The van der Waals surface area contributed by atoms with E-state index in [-0.39, 0.29) is 0 Å². The van der Waals surface area contributed by atoms with E-state index in [1.165, 1.54) is 0 Å². The van der Waals surface area contributed by atoms with Crippen LogP contribution in [0.5, 0.6) is 0 Å². The molecule has 0 aromatic rings. The summed E-state index contributed by atoms with van der Waals surface area (Å²) in [5, 5.41) is 32.5. The first kappa shape index (κ1) is 21.7. The van der Waals surface area contributed by atoms with E-state index in [0.717, 1.165) is 30.7 Å². The van der Waals surface area contributed by atoms with Gasteiger partial charge >= 0.3 is 0 Å². The van der Waals surface area contributed by atoms with Crippen molar-refractivity contribution in [2.45, 2.75) is 60.8 Å². The summed E-state index contributed by atoms with van der Waals surface area (Å²) in [7, 11) is 0. The van der Waals surface area contributed by atoms with Crippen LogP contribution < -0.4 is 0 Å². The van der Waals surface area contributed by atoms with Gasteiger partial charge in [-0.25, -0.2) is 0 Å². The Morgan fingerprint density at radius 2 is 1.11 bits per heavy atom. The molecule has 0 fully saturated rings. The predicted molar refractivity (Wildman–Crippen MR) is 75.6 cm³/mol. The average Bonchev–Trinajstić information content (AvgIpc) is 2.41. The number of rotatable bonds is 3. The minimum atomic E-state index is 0.685. The quantitative estimate of drug-likeness (QED) is 0.410. The van der Waals surface area contributed by atoms with Gasteiger partial charge in [-0.15, -0.1) is 0 Å². The Morgan fingerprint density at radius 3 is 1.11 bits per heavy atom. The average molecular weight is 261 g/mol. The molecule has 0 aliphatic carbocycles. The molecule has 0 radical (unpaired) electrons. The van der Waals surface area contributed by atoms with Crippen molar-refractivity contribution in [2.75, 3.05) is 0 Å². The van der Waals surface area contributed by atoms with Gasteiger partial charge in [-0.05, 0) is 40.0 Å². The topological polar surface area (TPSA) is 97.8 Å². The number of oxime groups is 3. The van der Waals surface area contributed by atoms with Gasteiger partial charge in [-0.3, -0.25) is 0 Å². The smallest absolute Gasteiger partial charge is 0.0565 e. The third-order valence-corrected chi connectivity index (χ3v) is 1.84. The minimum Gasteiger partial charge on any atom is -0.411 e. The molecule has 6 nitrogen and oxygen atoms in total. The lowest BCUT2D eigenvalue weighted by atomic mass is 10.2. The van der Waals surface area contributed by atoms with Crippen molar-refractivity contribution in [2.24, 2.45) is 15.5 Å². The fourth-order valence-corrected chi connectivity index (χ4v) is 0.462. The molecule has 0 aliphatic heterocycles.